The fourth-order valence-electron chi connectivity index (χ4n) is 2.49. The number of aromatic nitrogens is 3. The highest BCUT2D eigenvalue weighted by Gasteiger charge is 2.22. The predicted octanol–water partition coefficient (Wildman–Crippen LogP) is 2.52. The zero-order chi connectivity index (χ0) is 13.6. The van der Waals surface area contributed by atoms with E-state index in [9.17, 15) is 8.78 Å². The third-order valence-electron chi connectivity index (χ3n) is 3.46. The van der Waals surface area contributed by atoms with Gasteiger partial charge in [0.15, 0.2) is 5.65 Å². The Bertz CT molecular complexity index is 647. The van der Waals surface area contributed by atoms with Crippen molar-refractivity contribution in [3.8, 4) is 0 Å². The van der Waals surface area contributed by atoms with Crippen molar-refractivity contribution in [2.75, 3.05) is 13.6 Å². The predicted molar refractivity (Wildman–Crippen MR) is 67.2 cm³/mol. The molecule has 0 radical (unpaired) electrons. The van der Waals surface area contributed by atoms with Crippen molar-refractivity contribution < 1.29 is 8.78 Å². The molecule has 100 valence electrons. The summed E-state index contributed by atoms with van der Waals surface area (Å²) in [5.41, 5.74) is 2.32. The first kappa shape index (κ1) is 12.2. The molecule has 1 aliphatic rings. The largest absolute Gasteiger partial charge is 0.297 e. The Morgan fingerprint density at radius 3 is 2.79 bits per heavy atom. The van der Waals surface area contributed by atoms with E-state index >= 15 is 0 Å². The van der Waals surface area contributed by atoms with E-state index in [0.29, 0.717) is 5.65 Å². The molecule has 1 atom stereocenters. The van der Waals surface area contributed by atoms with Crippen LogP contribution in [0.15, 0.2) is 24.4 Å². The zero-order valence-corrected chi connectivity index (χ0v) is 10.7. The fraction of sp³-hybridized carbons (Fsp3) is 0.385. The maximum atomic E-state index is 12.9. The SMILES string of the molecule is Cc1cc(C2C=CCN2C)cn2c(C(F)F)nnc12. The molecule has 2 aromatic heterocycles. The molecule has 0 bridgehead atoms. The molecule has 4 nitrogen and oxygen atoms in total. The summed E-state index contributed by atoms with van der Waals surface area (Å²) in [6, 6.07) is 2.10. The van der Waals surface area contributed by atoms with E-state index in [0.717, 1.165) is 17.7 Å². The van der Waals surface area contributed by atoms with E-state index in [2.05, 4.69) is 27.2 Å². The molecule has 19 heavy (non-hydrogen) atoms. The molecule has 3 rings (SSSR count). The Morgan fingerprint density at radius 2 is 2.16 bits per heavy atom. The van der Waals surface area contributed by atoms with Gasteiger partial charge in [-0.2, -0.15) is 0 Å². The van der Waals surface area contributed by atoms with Crippen LogP contribution in [0.1, 0.15) is 29.4 Å². The number of rotatable bonds is 2. The number of hydrogen-bond acceptors (Lipinski definition) is 3. The molecule has 1 aliphatic heterocycles. The molecule has 3 heterocycles. The molecular formula is C13H14F2N4. The number of likely N-dealkylation sites (N-methyl/N-ethyl adjacent to an activating group) is 1. The van der Waals surface area contributed by atoms with E-state index in [1.54, 1.807) is 6.20 Å². The molecule has 6 heteroatoms. The van der Waals surface area contributed by atoms with Gasteiger partial charge in [0.05, 0.1) is 6.04 Å². The maximum absolute atomic E-state index is 12.9. The van der Waals surface area contributed by atoms with Crippen LogP contribution in [0.2, 0.25) is 0 Å². The van der Waals surface area contributed by atoms with Crippen LogP contribution in [-0.2, 0) is 0 Å². The van der Waals surface area contributed by atoms with Gasteiger partial charge in [0.1, 0.15) is 0 Å². The van der Waals surface area contributed by atoms with E-state index in [1.165, 1.54) is 4.40 Å². The van der Waals surface area contributed by atoms with Crippen LogP contribution in [0.4, 0.5) is 8.78 Å². The van der Waals surface area contributed by atoms with Gasteiger partial charge in [0, 0.05) is 12.7 Å². The number of nitrogens with zero attached hydrogens (tertiary/aromatic N) is 4. The van der Waals surface area contributed by atoms with Crippen molar-refractivity contribution in [3.05, 3.63) is 41.4 Å². The number of fused-ring (bicyclic) bond motifs is 1. The zero-order valence-electron chi connectivity index (χ0n) is 10.7. The van der Waals surface area contributed by atoms with Gasteiger partial charge >= 0.3 is 0 Å². The first-order valence-electron chi connectivity index (χ1n) is 6.08. The van der Waals surface area contributed by atoms with Crippen LogP contribution in [0, 0.1) is 6.92 Å². The van der Waals surface area contributed by atoms with E-state index < -0.39 is 6.43 Å². The monoisotopic (exact) mass is 264 g/mol. The maximum Gasteiger partial charge on any atom is 0.297 e. The van der Waals surface area contributed by atoms with Crippen LogP contribution in [-0.4, -0.2) is 33.1 Å². The first-order chi connectivity index (χ1) is 9.08. The van der Waals surface area contributed by atoms with E-state index in [-0.39, 0.29) is 11.9 Å². The van der Waals surface area contributed by atoms with Crippen LogP contribution >= 0.6 is 0 Å². The quantitative estimate of drug-likeness (QED) is 0.781. The van der Waals surface area contributed by atoms with Gasteiger partial charge in [-0.1, -0.05) is 12.2 Å². The van der Waals surface area contributed by atoms with E-state index in [1.807, 2.05) is 20.0 Å². The summed E-state index contributed by atoms with van der Waals surface area (Å²) in [5.74, 6) is -0.301. The van der Waals surface area contributed by atoms with Gasteiger partial charge < -0.3 is 0 Å². The minimum atomic E-state index is -2.62. The molecular weight excluding hydrogens is 250 g/mol. The first-order valence-corrected chi connectivity index (χ1v) is 6.08. The van der Waals surface area contributed by atoms with Crippen LogP contribution in [0.3, 0.4) is 0 Å². The van der Waals surface area contributed by atoms with Crippen molar-refractivity contribution in [3.63, 3.8) is 0 Å². The highest BCUT2D eigenvalue weighted by Crippen LogP contribution is 2.28. The van der Waals surface area contributed by atoms with E-state index in [4.69, 9.17) is 0 Å². The third-order valence-corrected chi connectivity index (χ3v) is 3.46. The average molecular weight is 264 g/mol. The molecule has 0 aromatic carbocycles. The fourth-order valence-corrected chi connectivity index (χ4v) is 2.49. The van der Waals surface area contributed by atoms with Crippen LogP contribution in [0.5, 0.6) is 0 Å². The lowest BCUT2D eigenvalue weighted by molar-refractivity contribution is 0.139. The standard InChI is InChI=1S/C13H14F2N4/c1-8-6-9(10-4-3-5-18(10)2)7-19-12(8)16-17-13(19)11(14)15/h3-4,6-7,10-11H,5H2,1-2H3. The number of hydrogen-bond donors (Lipinski definition) is 0. The highest BCUT2D eigenvalue weighted by atomic mass is 19.3. The number of aryl methyl sites for hydroxylation is 1. The second-order valence-corrected chi connectivity index (χ2v) is 4.82. The Balaban J connectivity index is 2.17. The van der Waals surface area contributed by atoms with Gasteiger partial charge in [-0.05, 0) is 31.2 Å². The summed E-state index contributed by atoms with van der Waals surface area (Å²) in [4.78, 5) is 2.15. The van der Waals surface area contributed by atoms with Gasteiger partial charge in [0.2, 0.25) is 5.82 Å². The molecule has 0 amide bonds. The average Bonchev–Trinajstić information content (AvgIpc) is 2.94. The van der Waals surface area contributed by atoms with Gasteiger partial charge in [-0.25, -0.2) is 8.78 Å². The van der Waals surface area contributed by atoms with Crippen molar-refractivity contribution >= 4 is 5.65 Å². The lowest BCUT2D eigenvalue weighted by Crippen LogP contribution is -2.19. The molecule has 0 spiro atoms. The third kappa shape index (κ3) is 1.92. The summed E-state index contributed by atoms with van der Waals surface area (Å²) < 4.78 is 27.2. The summed E-state index contributed by atoms with van der Waals surface area (Å²) >= 11 is 0. The van der Waals surface area contributed by atoms with Crippen molar-refractivity contribution in [2.24, 2.45) is 0 Å². The molecule has 0 aliphatic carbocycles. The Hall–Kier alpha value is -1.82. The minimum Gasteiger partial charge on any atom is -0.292 e. The van der Waals surface area contributed by atoms with Crippen molar-refractivity contribution in [2.45, 2.75) is 19.4 Å². The van der Waals surface area contributed by atoms with Crippen LogP contribution in [0.25, 0.3) is 5.65 Å². The lowest BCUT2D eigenvalue weighted by atomic mass is 10.1. The molecule has 0 N–H and O–H groups in total. The topological polar surface area (TPSA) is 33.4 Å². The molecule has 1 unspecified atom stereocenters. The normalized spacial score (nSPS) is 19.9. The Labute approximate surface area is 109 Å². The van der Waals surface area contributed by atoms with Crippen molar-refractivity contribution in [1.82, 2.24) is 19.5 Å². The number of alkyl halides is 2. The molecule has 0 saturated carbocycles. The highest BCUT2D eigenvalue weighted by molar-refractivity contribution is 5.49. The molecule has 0 fully saturated rings. The number of pyridine rings is 1. The Morgan fingerprint density at radius 1 is 1.37 bits per heavy atom. The second-order valence-electron chi connectivity index (χ2n) is 4.82. The summed E-state index contributed by atoms with van der Waals surface area (Å²) in [5, 5.41) is 7.40. The smallest absolute Gasteiger partial charge is 0.292 e. The lowest BCUT2D eigenvalue weighted by Gasteiger charge is -2.20. The van der Waals surface area contributed by atoms with Crippen LogP contribution < -0.4 is 0 Å². The molecule has 0 saturated heterocycles. The number of halogens is 2. The molecule has 2 aromatic rings. The second kappa shape index (κ2) is 4.38. The van der Waals surface area contributed by atoms with Gasteiger partial charge in [-0.15, -0.1) is 10.2 Å². The summed E-state index contributed by atoms with van der Waals surface area (Å²) in [7, 11) is 2.00. The van der Waals surface area contributed by atoms with Gasteiger partial charge in [-0.3, -0.25) is 9.30 Å². The summed E-state index contributed by atoms with van der Waals surface area (Å²) in [6.07, 6.45) is 3.24. The minimum absolute atomic E-state index is 0.121. The van der Waals surface area contributed by atoms with Gasteiger partial charge in [0.25, 0.3) is 6.43 Å². The summed E-state index contributed by atoms with van der Waals surface area (Å²) in [6.45, 7) is 2.73. The Kier molecular flexibility index (Phi) is 2.82. The van der Waals surface area contributed by atoms with Crippen molar-refractivity contribution in [1.29, 1.82) is 0 Å².